The van der Waals surface area contributed by atoms with Gasteiger partial charge in [-0.05, 0) is 38.0 Å². The van der Waals surface area contributed by atoms with Gasteiger partial charge in [0.25, 0.3) is 0 Å². The molecule has 0 aromatic carbocycles. The molecule has 1 aromatic rings. The molecule has 4 nitrogen and oxygen atoms in total. The lowest BCUT2D eigenvalue weighted by molar-refractivity contribution is 0.402. The number of hydrogen-bond acceptors (Lipinski definition) is 3. The average Bonchev–Trinajstić information content (AvgIpc) is 3.07. The van der Waals surface area contributed by atoms with Crippen LogP contribution < -0.4 is 0 Å². The highest BCUT2D eigenvalue weighted by Crippen LogP contribution is 2.34. The van der Waals surface area contributed by atoms with Gasteiger partial charge < -0.3 is 0 Å². The molecule has 2 rings (SSSR count). The topological polar surface area (TPSA) is 54.5 Å². The van der Waals surface area contributed by atoms with E-state index in [1.54, 1.807) is 0 Å². The Hall–Kier alpha value is -1.37. The predicted octanol–water partition coefficient (Wildman–Crippen LogP) is 2.66. The molecular formula is C13H20N4. The number of hydrogen-bond donors (Lipinski definition) is 0. The second-order valence-corrected chi connectivity index (χ2v) is 4.88. The molecule has 1 fully saturated rings. The molecule has 0 radical (unpaired) electrons. The Bertz CT molecular complexity index is 408. The summed E-state index contributed by atoms with van der Waals surface area (Å²) in [5, 5.41) is 17.3. The van der Waals surface area contributed by atoms with Gasteiger partial charge in [0.1, 0.15) is 0 Å². The van der Waals surface area contributed by atoms with Crippen LogP contribution in [0.3, 0.4) is 0 Å². The van der Waals surface area contributed by atoms with Crippen molar-refractivity contribution in [3.05, 3.63) is 11.4 Å². The van der Waals surface area contributed by atoms with Crippen molar-refractivity contribution in [1.29, 1.82) is 5.26 Å². The fourth-order valence-electron chi connectivity index (χ4n) is 2.29. The monoisotopic (exact) mass is 232 g/mol. The molecule has 1 aromatic heterocycles. The fourth-order valence-corrected chi connectivity index (χ4v) is 2.29. The quantitative estimate of drug-likeness (QED) is 0.757. The Morgan fingerprint density at radius 2 is 2.12 bits per heavy atom. The predicted molar refractivity (Wildman–Crippen MR) is 65.4 cm³/mol. The summed E-state index contributed by atoms with van der Waals surface area (Å²) in [4.78, 5) is 0. The average molecular weight is 232 g/mol. The molecule has 4 heteroatoms. The van der Waals surface area contributed by atoms with Crippen LogP contribution in [0, 0.1) is 17.2 Å². The second kappa shape index (κ2) is 5.31. The van der Waals surface area contributed by atoms with Crippen molar-refractivity contribution in [2.45, 2.75) is 58.4 Å². The van der Waals surface area contributed by atoms with Crippen LogP contribution in [0.5, 0.6) is 0 Å². The van der Waals surface area contributed by atoms with Gasteiger partial charge in [-0.15, -0.1) is 5.10 Å². The minimum absolute atomic E-state index is 0.391. The van der Waals surface area contributed by atoms with E-state index in [1.807, 2.05) is 0 Å². The van der Waals surface area contributed by atoms with Crippen molar-refractivity contribution in [2.24, 2.45) is 5.92 Å². The molecule has 0 spiro atoms. The zero-order chi connectivity index (χ0) is 12.3. The van der Waals surface area contributed by atoms with E-state index in [4.69, 9.17) is 5.26 Å². The number of nitrogens with zero attached hydrogens (tertiary/aromatic N) is 4. The van der Waals surface area contributed by atoms with E-state index in [9.17, 15) is 0 Å². The molecule has 0 bridgehead atoms. The summed E-state index contributed by atoms with van der Waals surface area (Å²) in [6, 6.07) is 2.62. The standard InChI is InChI=1S/C13H20N4/c1-3-11(4-2)17-13(9-10-5-6-10)12(7-8-14)15-16-17/h10-11H,3-7,9H2,1-2H3. The highest BCUT2D eigenvalue weighted by molar-refractivity contribution is 5.16. The van der Waals surface area contributed by atoms with E-state index in [-0.39, 0.29) is 0 Å². The minimum Gasteiger partial charge on any atom is -0.246 e. The summed E-state index contributed by atoms with van der Waals surface area (Å²) in [6.07, 6.45) is 6.23. The lowest BCUT2D eigenvalue weighted by Gasteiger charge is -2.15. The van der Waals surface area contributed by atoms with Crippen LogP contribution in [-0.2, 0) is 12.8 Å². The molecule has 17 heavy (non-hydrogen) atoms. The first-order chi connectivity index (χ1) is 8.30. The second-order valence-electron chi connectivity index (χ2n) is 4.88. The Morgan fingerprint density at radius 1 is 1.41 bits per heavy atom. The normalized spacial score (nSPS) is 15.2. The summed E-state index contributed by atoms with van der Waals surface area (Å²) in [6.45, 7) is 4.36. The van der Waals surface area contributed by atoms with Gasteiger partial charge in [-0.2, -0.15) is 5.26 Å². The maximum Gasteiger partial charge on any atom is 0.0999 e. The van der Waals surface area contributed by atoms with E-state index < -0.39 is 0 Å². The summed E-state index contributed by atoms with van der Waals surface area (Å²) < 4.78 is 2.07. The molecule has 0 aliphatic heterocycles. The van der Waals surface area contributed by atoms with Gasteiger partial charge in [-0.3, -0.25) is 0 Å². The molecular weight excluding hydrogens is 212 g/mol. The molecule has 0 N–H and O–H groups in total. The Balaban J connectivity index is 2.26. The fraction of sp³-hybridized carbons (Fsp3) is 0.769. The van der Waals surface area contributed by atoms with E-state index >= 15 is 0 Å². The van der Waals surface area contributed by atoms with Gasteiger partial charge in [-0.1, -0.05) is 19.1 Å². The van der Waals surface area contributed by atoms with E-state index in [0.29, 0.717) is 12.5 Å². The van der Waals surface area contributed by atoms with Crippen molar-refractivity contribution >= 4 is 0 Å². The maximum atomic E-state index is 8.83. The van der Waals surface area contributed by atoms with Crippen LogP contribution in [-0.4, -0.2) is 15.0 Å². The molecule has 92 valence electrons. The molecule has 0 unspecified atom stereocenters. The van der Waals surface area contributed by atoms with Crippen LogP contribution in [0.1, 0.15) is 57.0 Å². The van der Waals surface area contributed by atoms with Crippen molar-refractivity contribution in [3.63, 3.8) is 0 Å². The molecule has 0 amide bonds. The summed E-state index contributed by atoms with van der Waals surface area (Å²) >= 11 is 0. The lowest BCUT2D eigenvalue weighted by Crippen LogP contribution is -2.13. The van der Waals surface area contributed by atoms with Gasteiger partial charge in [0.15, 0.2) is 0 Å². The zero-order valence-corrected chi connectivity index (χ0v) is 10.7. The number of nitriles is 1. The number of rotatable bonds is 6. The van der Waals surface area contributed by atoms with Gasteiger partial charge in [-0.25, -0.2) is 4.68 Å². The third kappa shape index (κ3) is 2.66. The van der Waals surface area contributed by atoms with Crippen molar-refractivity contribution in [1.82, 2.24) is 15.0 Å². The molecule has 1 aliphatic rings. The van der Waals surface area contributed by atoms with E-state index in [1.165, 1.54) is 18.5 Å². The van der Waals surface area contributed by atoms with Crippen LogP contribution in [0.15, 0.2) is 0 Å². The molecule has 1 heterocycles. The minimum atomic E-state index is 0.391. The zero-order valence-electron chi connectivity index (χ0n) is 10.7. The van der Waals surface area contributed by atoms with Crippen LogP contribution >= 0.6 is 0 Å². The van der Waals surface area contributed by atoms with Crippen LogP contribution in [0.2, 0.25) is 0 Å². The van der Waals surface area contributed by atoms with Crippen LogP contribution in [0.25, 0.3) is 0 Å². The van der Waals surface area contributed by atoms with E-state index in [2.05, 4.69) is 34.9 Å². The summed E-state index contributed by atoms with van der Waals surface area (Å²) in [5.41, 5.74) is 2.11. The van der Waals surface area contributed by atoms with Gasteiger partial charge in [0.2, 0.25) is 0 Å². The summed E-state index contributed by atoms with van der Waals surface area (Å²) in [5.74, 6) is 0.805. The Morgan fingerprint density at radius 3 is 2.65 bits per heavy atom. The highest BCUT2D eigenvalue weighted by Gasteiger charge is 2.27. The summed E-state index contributed by atoms with van der Waals surface area (Å²) in [7, 11) is 0. The third-order valence-corrected chi connectivity index (χ3v) is 3.59. The Kier molecular flexibility index (Phi) is 3.78. The largest absolute Gasteiger partial charge is 0.246 e. The number of aromatic nitrogens is 3. The SMILES string of the molecule is CCC(CC)n1nnc(CC#N)c1CC1CC1. The first-order valence-corrected chi connectivity index (χ1v) is 6.60. The van der Waals surface area contributed by atoms with Crippen molar-refractivity contribution < 1.29 is 0 Å². The first-order valence-electron chi connectivity index (χ1n) is 6.60. The molecule has 0 saturated heterocycles. The van der Waals surface area contributed by atoms with Gasteiger partial charge in [0, 0.05) is 0 Å². The molecule has 0 atom stereocenters. The highest BCUT2D eigenvalue weighted by atomic mass is 15.4. The Labute approximate surface area is 103 Å². The molecule has 1 aliphatic carbocycles. The van der Waals surface area contributed by atoms with E-state index in [0.717, 1.165) is 30.9 Å². The van der Waals surface area contributed by atoms with Crippen molar-refractivity contribution in [3.8, 4) is 6.07 Å². The van der Waals surface area contributed by atoms with Crippen molar-refractivity contribution in [2.75, 3.05) is 0 Å². The first kappa shape index (κ1) is 12.1. The van der Waals surface area contributed by atoms with Gasteiger partial charge in [0.05, 0.1) is 29.9 Å². The smallest absolute Gasteiger partial charge is 0.0999 e. The molecule has 1 saturated carbocycles. The third-order valence-electron chi connectivity index (χ3n) is 3.59. The lowest BCUT2D eigenvalue weighted by atomic mass is 10.1. The van der Waals surface area contributed by atoms with Crippen LogP contribution in [0.4, 0.5) is 0 Å². The van der Waals surface area contributed by atoms with Gasteiger partial charge >= 0.3 is 0 Å². The maximum absolute atomic E-state index is 8.83.